The Morgan fingerprint density at radius 1 is 1.50 bits per heavy atom. The Labute approximate surface area is 108 Å². The number of benzene rings is 1. The number of hydrogen-bond acceptors (Lipinski definition) is 3. The van der Waals surface area contributed by atoms with E-state index < -0.39 is 0 Å². The zero-order valence-corrected chi connectivity index (χ0v) is 11.0. The lowest BCUT2D eigenvalue weighted by Gasteiger charge is -2.38. The predicted octanol–water partition coefficient (Wildman–Crippen LogP) is 2.15. The highest BCUT2D eigenvalue weighted by Gasteiger charge is 2.27. The topological polar surface area (TPSA) is 38.5 Å². The number of ether oxygens (including phenoxy) is 1. The fourth-order valence-corrected chi connectivity index (χ4v) is 2.61. The van der Waals surface area contributed by atoms with Gasteiger partial charge in [0.25, 0.3) is 0 Å². The van der Waals surface area contributed by atoms with Crippen molar-refractivity contribution >= 4 is 5.69 Å². The van der Waals surface area contributed by atoms with Crippen molar-refractivity contribution in [3.63, 3.8) is 0 Å². The Hall–Kier alpha value is -1.13. The third kappa shape index (κ3) is 2.49. The molecule has 0 radical (unpaired) electrons. The summed E-state index contributed by atoms with van der Waals surface area (Å²) in [5, 5.41) is 0. The van der Waals surface area contributed by atoms with Crippen molar-refractivity contribution < 1.29 is 9.13 Å². The third-order valence-corrected chi connectivity index (χ3v) is 3.83. The molecule has 100 valence electrons. The number of hydrogen-bond donors (Lipinski definition) is 1. The molecular weight excluding hydrogens is 231 g/mol. The Morgan fingerprint density at radius 2 is 2.28 bits per heavy atom. The number of methoxy groups -OCH3 is 1. The predicted molar refractivity (Wildman–Crippen MR) is 71.1 cm³/mol. The monoisotopic (exact) mass is 252 g/mol. The van der Waals surface area contributed by atoms with E-state index in [-0.39, 0.29) is 18.5 Å². The summed E-state index contributed by atoms with van der Waals surface area (Å²) < 4.78 is 19.2. The lowest BCUT2D eigenvalue weighted by Crippen LogP contribution is -2.44. The zero-order valence-electron chi connectivity index (χ0n) is 11.0. The molecule has 0 aliphatic carbocycles. The number of anilines is 1. The average molecular weight is 252 g/mol. The summed E-state index contributed by atoms with van der Waals surface area (Å²) in [6.07, 6.45) is 1.26. The van der Waals surface area contributed by atoms with Gasteiger partial charge in [-0.25, -0.2) is 4.39 Å². The second-order valence-corrected chi connectivity index (χ2v) is 4.93. The van der Waals surface area contributed by atoms with Crippen molar-refractivity contribution in [3.05, 3.63) is 29.6 Å². The highest BCUT2D eigenvalue weighted by molar-refractivity contribution is 5.54. The number of halogens is 1. The third-order valence-electron chi connectivity index (χ3n) is 3.83. The van der Waals surface area contributed by atoms with E-state index in [0.29, 0.717) is 11.5 Å². The van der Waals surface area contributed by atoms with Crippen LogP contribution in [0.3, 0.4) is 0 Å². The Morgan fingerprint density at radius 3 is 2.94 bits per heavy atom. The lowest BCUT2D eigenvalue weighted by molar-refractivity contribution is 0.0498. The summed E-state index contributed by atoms with van der Waals surface area (Å²) in [7, 11) is 1.74. The van der Waals surface area contributed by atoms with E-state index >= 15 is 0 Å². The number of nitrogens with zero attached hydrogens (tertiary/aromatic N) is 1. The number of piperidine rings is 1. The average Bonchev–Trinajstić information content (AvgIpc) is 2.39. The van der Waals surface area contributed by atoms with Gasteiger partial charge in [-0.2, -0.15) is 0 Å². The molecular formula is C14H21FN2O. The van der Waals surface area contributed by atoms with Crippen LogP contribution in [0.2, 0.25) is 0 Å². The molecule has 3 nitrogen and oxygen atoms in total. The van der Waals surface area contributed by atoms with Crippen LogP contribution in [0.5, 0.6) is 0 Å². The Kier molecular flexibility index (Phi) is 4.19. The summed E-state index contributed by atoms with van der Waals surface area (Å²) in [4.78, 5) is 2.18. The van der Waals surface area contributed by atoms with Gasteiger partial charge in [0.05, 0.1) is 6.10 Å². The van der Waals surface area contributed by atoms with Crippen LogP contribution in [0.1, 0.15) is 18.9 Å². The van der Waals surface area contributed by atoms with Gasteiger partial charge in [0.2, 0.25) is 0 Å². The van der Waals surface area contributed by atoms with Crippen molar-refractivity contribution in [2.24, 2.45) is 11.7 Å². The summed E-state index contributed by atoms with van der Waals surface area (Å²) in [5.74, 6) is 0.323. The van der Waals surface area contributed by atoms with E-state index in [4.69, 9.17) is 10.5 Å². The molecule has 1 aliphatic heterocycles. The summed E-state index contributed by atoms with van der Waals surface area (Å²) in [5.41, 5.74) is 7.16. The van der Waals surface area contributed by atoms with E-state index in [1.807, 2.05) is 6.07 Å². The Balaban J connectivity index is 2.24. The molecule has 2 atom stereocenters. The fourth-order valence-electron chi connectivity index (χ4n) is 2.61. The summed E-state index contributed by atoms with van der Waals surface area (Å²) in [6, 6.07) is 5.14. The first kappa shape index (κ1) is 13.3. The minimum atomic E-state index is -0.220. The molecule has 0 spiro atoms. The largest absolute Gasteiger partial charge is 0.379 e. The molecule has 1 saturated heterocycles. The maximum atomic E-state index is 13.7. The van der Waals surface area contributed by atoms with Crippen LogP contribution in [0.25, 0.3) is 0 Å². The highest BCUT2D eigenvalue weighted by Crippen LogP contribution is 2.28. The van der Waals surface area contributed by atoms with Crippen LogP contribution >= 0.6 is 0 Å². The Bertz CT molecular complexity index is 411. The second kappa shape index (κ2) is 5.67. The first-order valence-corrected chi connectivity index (χ1v) is 6.42. The molecule has 2 N–H and O–H groups in total. The number of nitrogens with two attached hydrogens (primary N) is 1. The van der Waals surface area contributed by atoms with Crippen molar-refractivity contribution in [2.75, 3.05) is 25.1 Å². The van der Waals surface area contributed by atoms with Gasteiger partial charge in [0, 0.05) is 38.0 Å². The highest BCUT2D eigenvalue weighted by atomic mass is 19.1. The molecule has 1 fully saturated rings. The molecule has 1 aromatic carbocycles. The first-order chi connectivity index (χ1) is 8.67. The van der Waals surface area contributed by atoms with Gasteiger partial charge in [-0.05, 0) is 24.5 Å². The van der Waals surface area contributed by atoms with E-state index in [9.17, 15) is 4.39 Å². The molecule has 1 aromatic rings. The van der Waals surface area contributed by atoms with Gasteiger partial charge in [0.15, 0.2) is 0 Å². The molecule has 0 aromatic heterocycles. The SMILES string of the molecule is COC1CN(c2cccc(F)c2CN)CCC1C. The normalized spacial score (nSPS) is 24.3. The molecule has 1 heterocycles. The van der Waals surface area contributed by atoms with Gasteiger partial charge in [-0.15, -0.1) is 0 Å². The first-order valence-electron chi connectivity index (χ1n) is 6.42. The standard InChI is InChI=1S/C14H21FN2O/c1-10-6-7-17(9-14(10)18-2)13-5-3-4-12(15)11(13)8-16/h3-5,10,14H,6-9,16H2,1-2H3. The molecule has 0 bridgehead atoms. The van der Waals surface area contributed by atoms with Crippen LogP contribution in [-0.2, 0) is 11.3 Å². The van der Waals surface area contributed by atoms with Crippen molar-refractivity contribution in [2.45, 2.75) is 26.0 Å². The van der Waals surface area contributed by atoms with Crippen LogP contribution < -0.4 is 10.6 Å². The summed E-state index contributed by atoms with van der Waals surface area (Å²) in [6.45, 7) is 4.15. The van der Waals surface area contributed by atoms with E-state index in [2.05, 4.69) is 11.8 Å². The molecule has 0 saturated carbocycles. The quantitative estimate of drug-likeness (QED) is 0.895. The molecule has 18 heavy (non-hydrogen) atoms. The van der Waals surface area contributed by atoms with Gasteiger partial charge >= 0.3 is 0 Å². The fraction of sp³-hybridized carbons (Fsp3) is 0.571. The van der Waals surface area contributed by atoms with Gasteiger partial charge in [-0.3, -0.25) is 0 Å². The van der Waals surface area contributed by atoms with Gasteiger partial charge < -0.3 is 15.4 Å². The molecule has 1 aliphatic rings. The lowest BCUT2D eigenvalue weighted by atomic mass is 9.95. The van der Waals surface area contributed by atoms with Crippen LogP contribution in [0.15, 0.2) is 18.2 Å². The molecule has 2 unspecified atom stereocenters. The zero-order chi connectivity index (χ0) is 13.1. The minimum Gasteiger partial charge on any atom is -0.379 e. The van der Waals surface area contributed by atoms with Crippen molar-refractivity contribution in [3.8, 4) is 0 Å². The summed E-state index contributed by atoms with van der Waals surface area (Å²) >= 11 is 0. The van der Waals surface area contributed by atoms with Crippen LogP contribution in [0, 0.1) is 11.7 Å². The smallest absolute Gasteiger partial charge is 0.129 e. The van der Waals surface area contributed by atoms with Crippen LogP contribution in [0.4, 0.5) is 10.1 Å². The van der Waals surface area contributed by atoms with Gasteiger partial charge in [-0.1, -0.05) is 13.0 Å². The van der Waals surface area contributed by atoms with E-state index in [0.717, 1.165) is 25.2 Å². The second-order valence-electron chi connectivity index (χ2n) is 4.93. The maximum Gasteiger partial charge on any atom is 0.129 e. The van der Waals surface area contributed by atoms with E-state index in [1.54, 1.807) is 13.2 Å². The van der Waals surface area contributed by atoms with Crippen molar-refractivity contribution in [1.82, 2.24) is 0 Å². The van der Waals surface area contributed by atoms with Crippen LogP contribution in [-0.4, -0.2) is 26.3 Å². The number of rotatable bonds is 3. The molecule has 2 rings (SSSR count). The molecule has 4 heteroatoms. The van der Waals surface area contributed by atoms with Crippen molar-refractivity contribution in [1.29, 1.82) is 0 Å². The molecule has 0 amide bonds. The van der Waals surface area contributed by atoms with E-state index in [1.165, 1.54) is 6.07 Å². The van der Waals surface area contributed by atoms with Gasteiger partial charge in [0.1, 0.15) is 5.82 Å². The maximum absolute atomic E-state index is 13.7. The minimum absolute atomic E-state index is 0.202.